The molecule has 1 aromatic heterocycles. The van der Waals surface area contributed by atoms with Crippen LogP contribution < -0.4 is 10.2 Å². The summed E-state index contributed by atoms with van der Waals surface area (Å²) >= 11 is 0. The lowest BCUT2D eigenvalue weighted by Gasteiger charge is -2.33. The van der Waals surface area contributed by atoms with E-state index in [0.29, 0.717) is 16.8 Å². The second kappa shape index (κ2) is 6.82. The van der Waals surface area contributed by atoms with Crippen molar-refractivity contribution in [1.29, 1.82) is 0 Å². The van der Waals surface area contributed by atoms with Crippen molar-refractivity contribution in [3.63, 3.8) is 0 Å². The van der Waals surface area contributed by atoms with Crippen molar-refractivity contribution in [2.45, 2.75) is 32.7 Å². The summed E-state index contributed by atoms with van der Waals surface area (Å²) in [5, 5.41) is 2.88. The molecule has 2 aliphatic rings. The number of aryl methyl sites for hydroxylation is 1. The number of nitrogens with zero attached hydrogens (tertiary/aromatic N) is 2. The number of benzene rings is 1. The van der Waals surface area contributed by atoms with E-state index in [1.54, 1.807) is 18.2 Å². The predicted molar refractivity (Wildman–Crippen MR) is 105 cm³/mol. The van der Waals surface area contributed by atoms with E-state index in [9.17, 15) is 14.4 Å². The largest absolute Gasteiger partial charge is 0.454 e. The molecule has 1 atom stereocenters. The first-order valence-corrected chi connectivity index (χ1v) is 9.41. The summed E-state index contributed by atoms with van der Waals surface area (Å²) in [7, 11) is 1.89. The number of carbonyl (C=O) groups is 3. The van der Waals surface area contributed by atoms with Crippen molar-refractivity contribution >= 4 is 29.0 Å². The molecule has 0 spiro atoms. The third-order valence-corrected chi connectivity index (χ3v) is 5.76. The maximum Gasteiger partial charge on any atom is 0.338 e. The minimum absolute atomic E-state index is 0.0411. The number of ketones is 1. The molecule has 0 bridgehead atoms. The summed E-state index contributed by atoms with van der Waals surface area (Å²) in [6, 6.07) is 6.80. The zero-order valence-corrected chi connectivity index (χ0v) is 16.2. The molecule has 2 aromatic rings. The van der Waals surface area contributed by atoms with Gasteiger partial charge in [0.2, 0.25) is 11.7 Å². The van der Waals surface area contributed by atoms with Gasteiger partial charge in [0, 0.05) is 30.5 Å². The van der Waals surface area contributed by atoms with Gasteiger partial charge in [-0.3, -0.25) is 9.59 Å². The molecule has 146 valence electrons. The van der Waals surface area contributed by atoms with Crippen LogP contribution in [0.2, 0.25) is 0 Å². The Morgan fingerprint density at radius 3 is 2.75 bits per heavy atom. The standard InChI is InChI=1S/C21H23N3O4/c1-12-9-15(13(2)23(12)3)19(25)11-28-21(27)14-6-7-17-16(10-14)22-20(26)18-5-4-8-24(17)18/h6-7,9-10,18H,4-5,8,11H2,1-3H3,(H,22,26)/t18-/m1/s1. The van der Waals surface area contributed by atoms with Crippen LogP contribution >= 0.6 is 0 Å². The highest BCUT2D eigenvalue weighted by molar-refractivity contribution is 6.06. The molecule has 1 saturated heterocycles. The van der Waals surface area contributed by atoms with Crippen LogP contribution in [0.3, 0.4) is 0 Å². The molecule has 2 aliphatic heterocycles. The fourth-order valence-corrected chi connectivity index (χ4v) is 3.99. The molecule has 0 unspecified atom stereocenters. The Morgan fingerprint density at radius 2 is 2.04 bits per heavy atom. The normalized spacial score (nSPS) is 17.8. The number of rotatable bonds is 4. The van der Waals surface area contributed by atoms with E-state index in [1.807, 2.05) is 31.5 Å². The first-order valence-electron chi connectivity index (χ1n) is 9.41. The van der Waals surface area contributed by atoms with Crippen LogP contribution in [0.1, 0.15) is 44.9 Å². The third-order valence-electron chi connectivity index (χ3n) is 5.76. The smallest absolute Gasteiger partial charge is 0.338 e. The third kappa shape index (κ3) is 2.96. The van der Waals surface area contributed by atoms with Crippen molar-refractivity contribution < 1.29 is 19.1 Å². The number of nitrogens with one attached hydrogen (secondary N) is 1. The van der Waals surface area contributed by atoms with Gasteiger partial charge in [-0.05, 0) is 51.0 Å². The van der Waals surface area contributed by atoms with Crippen molar-refractivity contribution in [1.82, 2.24) is 4.57 Å². The zero-order chi connectivity index (χ0) is 20.0. The second-order valence-electron chi connectivity index (χ2n) is 7.42. The van der Waals surface area contributed by atoms with Crippen LogP contribution in [-0.2, 0) is 16.6 Å². The maximum absolute atomic E-state index is 12.4. The highest BCUT2D eigenvalue weighted by Gasteiger charge is 2.36. The Balaban J connectivity index is 1.47. The average molecular weight is 381 g/mol. The number of amides is 1. The highest BCUT2D eigenvalue weighted by Crippen LogP contribution is 2.37. The number of fused-ring (bicyclic) bond motifs is 3. The summed E-state index contributed by atoms with van der Waals surface area (Å²) in [6.07, 6.45) is 1.82. The lowest BCUT2D eigenvalue weighted by Crippen LogP contribution is -2.43. The van der Waals surface area contributed by atoms with Gasteiger partial charge in [-0.2, -0.15) is 0 Å². The maximum atomic E-state index is 12.4. The second-order valence-corrected chi connectivity index (χ2v) is 7.42. The minimum Gasteiger partial charge on any atom is -0.454 e. The number of anilines is 2. The quantitative estimate of drug-likeness (QED) is 0.650. The molecule has 1 aromatic carbocycles. The van der Waals surface area contributed by atoms with E-state index < -0.39 is 5.97 Å². The lowest BCUT2D eigenvalue weighted by atomic mass is 10.1. The first kappa shape index (κ1) is 18.3. The summed E-state index contributed by atoms with van der Waals surface area (Å²) < 4.78 is 7.15. The van der Waals surface area contributed by atoms with Crippen molar-refractivity contribution in [2.24, 2.45) is 7.05 Å². The van der Waals surface area contributed by atoms with Crippen LogP contribution in [0.5, 0.6) is 0 Å². The number of hydrogen-bond donors (Lipinski definition) is 1. The molecular weight excluding hydrogens is 358 g/mol. The van der Waals surface area contributed by atoms with Gasteiger partial charge < -0.3 is 19.5 Å². The molecule has 1 fully saturated rings. The molecule has 28 heavy (non-hydrogen) atoms. The fourth-order valence-electron chi connectivity index (χ4n) is 3.99. The molecule has 7 nitrogen and oxygen atoms in total. The van der Waals surface area contributed by atoms with Crippen molar-refractivity contribution in [3.05, 3.63) is 46.8 Å². The molecule has 1 amide bonds. The fraction of sp³-hybridized carbons (Fsp3) is 0.381. The van der Waals surface area contributed by atoms with E-state index in [1.165, 1.54) is 0 Å². The topological polar surface area (TPSA) is 80.6 Å². The molecule has 0 saturated carbocycles. The Labute approximate surface area is 163 Å². The SMILES string of the molecule is Cc1cc(C(=O)COC(=O)c2ccc3c(c2)NC(=O)[C@H]2CCCN32)c(C)n1C. The number of aromatic nitrogens is 1. The monoisotopic (exact) mass is 381 g/mol. The first-order chi connectivity index (χ1) is 13.4. The summed E-state index contributed by atoms with van der Waals surface area (Å²) in [6.45, 7) is 4.29. The van der Waals surface area contributed by atoms with Crippen LogP contribution in [0, 0.1) is 13.8 Å². The van der Waals surface area contributed by atoms with E-state index >= 15 is 0 Å². The highest BCUT2D eigenvalue weighted by atomic mass is 16.5. The number of ether oxygens (including phenoxy) is 1. The number of esters is 1. The van der Waals surface area contributed by atoms with Gasteiger partial charge in [-0.25, -0.2) is 4.79 Å². The summed E-state index contributed by atoms with van der Waals surface area (Å²) in [4.78, 5) is 39.2. The molecule has 1 N–H and O–H groups in total. The van der Waals surface area contributed by atoms with Gasteiger partial charge in [-0.15, -0.1) is 0 Å². The van der Waals surface area contributed by atoms with E-state index in [-0.39, 0.29) is 24.3 Å². The van der Waals surface area contributed by atoms with E-state index in [2.05, 4.69) is 10.2 Å². The van der Waals surface area contributed by atoms with Gasteiger partial charge >= 0.3 is 5.97 Å². The lowest BCUT2D eigenvalue weighted by molar-refractivity contribution is -0.117. The molecule has 7 heteroatoms. The zero-order valence-electron chi connectivity index (χ0n) is 16.2. The number of Topliss-reactive ketones (excluding diaryl/α,β-unsaturated/α-hetero) is 1. The minimum atomic E-state index is -0.584. The van der Waals surface area contributed by atoms with Gasteiger partial charge in [0.1, 0.15) is 6.04 Å². The van der Waals surface area contributed by atoms with E-state index in [4.69, 9.17) is 4.74 Å². The van der Waals surface area contributed by atoms with Crippen LogP contribution in [0.15, 0.2) is 24.3 Å². The van der Waals surface area contributed by atoms with E-state index in [0.717, 1.165) is 36.5 Å². The summed E-state index contributed by atoms with van der Waals surface area (Å²) in [5.41, 5.74) is 4.22. The molecule has 0 radical (unpaired) electrons. The van der Waals surface area contributed by atoms with Crippen LogP contribution in [-0.4, -0.2) is 41.4 Å². The average Bonchev–Trinajstić information content (AvgIpc) is 3.27. The molecular formula is C21H23N3O4. The van der Waals surface area contributed by atoms with Gasteiger partial charge in [-0.1, -0.05) is 0 Å². The van der Waals surface area contributed by atoms with Crippen molar-refractivity contribution in [2.75, 3.05) is 23.4 Å². The molecule has 0 aliphatic carbocycles. The van der Waals surface area contributed by atoms with Crippen molar-refractivity contribution in [3.8, 4) is 0 Å². The Hall–Kier alpha value is -3.09. The molecule has 4 rings (SSSR count). The summed E-state index contributed by atoms with van der Waals surface area (Å²) in [5.74, 6) is -0.861. The number of carbonyl (C=O) groups excluding carboxylic acids is 3. The van der Waals surface area contributed by atoms with Gasteiger partial charge in [0.05, 0.1) is 16.9 Å². The molecule has 3 heterocycles. The Morgan fingerprint density at radius 1 is 1.25 bits per heavy atom. The Kier molecular flexibility index (Phi) is 4.45. The Bertz CT molecular complexity index is 992. The van der Waals surface area contributed by atoms with Gasteiger partial charge in [0.15, 0.2) is 6.61 Å². The van der Waals surface area contributed by atoms with Crippen LogP contribution in [0.25, 0.3) is 0 Å². The predicted octanol–water partition coefficient (Wildman–Crippen LogP) is 2.60. The number of hydrogen-bond acceptors (Lipinski definition) is 5. The van der Waals surface area contributed by atoms with Crippen LogP contribution in [0.4, 0.5) is 11.4 Å². The van der Waals surface area contributed by atoms with Gasteiger partial charge in [0.25, 0.3) is 0 Å².